The molecule has 0 bridgehead atoms. The van der Waals surface area contributed by atoms with E-state index in [2.05, 4.69) is 10.1 Å². The van der Waals surface area contributed by atoms with Gasteiger partial charge in [0.15, 0.2) is 0 Å². The predicted molar refractivity (Wildman–Crippen MR) is 125 cm³/mol. The molecule has 2 aromatic carbocycles. The van der Waals surface area contributed by atoms with Gasteiger partial charge in [-0.2, -0.15) is 4.31 Å². The Balaban J connectivity index is 1.62. The highest BCUT2D eigenvalue weighted by Gasteiger charge is 2.34. The van der Waals surface area contributed by atoms with Gasteiger partial charge in [-0.3, -0.25) is 9.69 Å². The Labute approximate surface area is 198 Å². The van der Waals surface area contributed by atoms with E-state index in [0.717, 1.165) is 0 Å². The molecule has 0 atom stereocenters. The molecule has 1 heterocycles. The molecule has 2 amide bonds. The number of anilines is 2. The summed E-state index contributed by atoms with van der Waals surface area (Å²) >= 11 is 0. The Bertz CT molecular complexity index is 1160. The van der Waals surface area contributed by atoms with Crippen molar-refractivity contribution in [3.63, 3.8) is 0 Å². The molecule has 0 saturated carbocycles. The summed E-state index contributed by atoms with van der Waals surface area (Å²) in [5.41, 5.74) is 1.15. The van der Waals surface area contributed by atoms with Gasteiger partial charge in [-0.05, 0) is 49.2 Å². The fraction of sp³-hybridized carbons (Fsp3) is 0.348. The molecule has 182 valence electrons. The number of esters is 1. The van der Waals surface area contributed by atoms with E-state index in [1.165, 1.54) is 35.6 Å². The maximum Gasteiger partial charge on any atom is 0.413 e. The van der Waals surface area contributed by atoms with E-state index >= 15 is 0 Å². The van der Waals surface area contributed by atoms with Crippen LogP contribution in [0.1, 0.15) is 23.2 Å². The summed E-state index contributed by atoms with van der Waals surface area (Å²) < 4.78 is 36.9. The second kappa shape index (κ2) is 10.7. The van der Waals surface area contributed by atoms with E-state index < -0.39 is 22.1 Å². The zero-order chi connectivity index (χ0) is 24.9. The van der Waals surface area contributed by atoms with Gasteiger partial charge >= 0.3 is 12.1 Å². The molecule has 11 heteroatoms. The van der Waals surface area contributed by atoms with E-state index in [1.807, 2.05) is 0 Å². The Hall–Kier alpha value is -3.44. The first kappa shape index (κ1) is 25.2. The fourth-order valence-corrected chi connectivity index (χ4v) is 5.37. The third-order valence-corrected chi connectivity index (χ3v) is 7.66. The molecule has 0 spiro atoms. The average Bonchev–Trinajstić information content (AvgIpc) is 2.87. The number of piperidine rings is 1. The lowest BCUT2D eigenvalue weighted by Crippen LogP contribution is -2.41. The second-order valence-electron chi connectivity index (χ2n) is 7.73. The van der Waals surface area contributed by atoms with Gasteiger partial charge in [-0.25, -0.2) is 18.0 Å². The number of nitrogens with one attached hydrogen (secondary N) is 1. The third kappa shape index (κ3) is 5.37. The summed E-state index contributed by atoms with van der Waals surface area (Å²) in [6.45, 7) is 0.303. The number of sulfonamides is 1. The summed E-state index contributed by atoms with van der Waals surface area (Å²) in [5.74, 6) is -1.29. The molecular formula is C23H27N3O7S. The van der Waals surface area contributed by atoms with Gasteiger partial charge in [0.1, 0.15) is 0 Å². The molecule has 1 saturated heterocycles. The third-order valence-electron chi connectivity index (χ3n) is 5.71. The van der Waals surface area contributed by atoms with Gasteiger partial charge in [-0.15, -0.1) is 0 Å². The van der Waals surface area contributed by atoms with Gasteiger partial charge in [0, 0.05) is 37.4 Å². The summed E-state index contributed by atoms with van der Waals surface area (Å²) in [5, 5.41) is 2.84. The largest absolute Gasteiger partial charge is 0.465 e. The highest BCUT2D eigenvalue weighted by atomic mass is 32.2. The molecule has 0 unspecified atom stereocenters. The first-order valence-electron chi connectivity index (χ1n) is 10.6. The molecule has 34 heavy (non-hydrogen) atoms. The fourth-order valence-electron chi connectivity index (χ4n) is 3.72. The Morgan fingerprint density at radius 2 is 1.59 bits per heavy atom. The van der Waals surface area contributed by atoms with Crippen LogP contribution < -0.4 is 10.2 Å². The van der Waals surface area contributed by atoms with Crippen LogP contribution in [0, 0.1) is 5.92 Å². The monoisotopic (exact) mass is 489 g/mol. The highest BCUT2D eigenvalue weighted by molar-refractivity contribution is 7.89. The lowest BCUT2D eigenvalue weighted by molar-refractivity contribution is -0.120. The van der Waals surface area contributed by atoms with Crippen molar-refractivity contribution in [2.45, 2.75) is 17.7 Å². The maximum absolute atomic E-state index is 13.1. The molecule has 1 fully saturated rings. The Morgan fingerprint density at radius 1 is 0.971 bits per heavy atom. The van der Waals surface area contributed by atoms with E-state index in [-0.39, 0.29) is 35.4 Å². The number of hydrogen-bond donors (Lipinski definition) is 1. The molecule has 1 N–H and O–H groups in total. The van der Waals surface area contributed by atoms with Crippen LogP contribution in [0.15, 0.2) is 53.4 Å². The van der Waals surface area contributed by atoms with Crippen LogP contribution in [-0.4, -0.2) is 65.0 Å². The summed E-state index contributed by atoms with van der Waals surface area (Å²) in [6.07, 6.45) is 0.177. The number of ether oxygens (including phenoxy) is 2. The maximum atomic E-state index is 13.1. The zero-order valence-electron chi connectivity index (χ0n) is 19.2. The van der Waals surface area contributed by atoms with Gasteiger partial charge in [0.05, 0.1) is 24.7 Å². The van der Waals surface area contributed by atoms with E-state index in [1.54, 1.807) is 43.4 Å². The van der Waals surface area contributed by atoms with E-state index in [9.17, 15) is 22.8 Å². The smallest absolute Gasteiger partial charge is 0.413 e. The molecule has 0 radical (unpaired) electrons. The van der Waals surface area contributed by atoms with Crippen molar-refractivity contribution in [1.82, 2.24) is 4.31 Å². The van der Waals surface area contributed by atoms with Crippen molar-refractivity contribution in [2.24, 2.45) is 5.92 Å². The van der Waals surface area contributed by atoms with Crippen molar-refractivity contribution in [3.8, 4) is 0 Å². The standard InChI is InChI=1S/C23H27N3O7S/c1-25(23(29)33-3)18-10-8-17(9-11-18)24-21(27)16-12-14-26(15-13-16)34(30,31)20-7-5-4-6-19(20)22(28)32-2/h4-11,16H,12-15H2,1-3H3,(H,24,27). The molecule has 10 nitrogen and oxygen atoms in total. The average molecular weight is 490 g/mol. The van der Waals surface area contributed by atoms with Crippen molar-refractivity contribution >= 4 is 39.4 Å². The second-order valence-corrected chi connectivity index (χ2v) is 9.64. The van der Waals surface area contributed by atoms with Crippen LogP contribution in [0.25, 0.3) is 0 Å². The number of carbonyl (C=O) groups is 3. The SMILES string of the molecule is COC(=O)c1ccccc1S(=O)(=O)N1CCC(C(=O)Nc2ccc(N(C)C(=O)OC)cc2)CC1. The van der Waals surface area contributed by atoms with Crippen LogP contribution in [0.4, 0.5) is 16.2 Å². The van der Waals surface area contributed by atoms with Crippen molar-refractivity contribution in [1.29, 1.82) is 0 Å². The topological polar surface area (TPSA) is 122 Å². The van der Waals surface area contributed by atoms with Gasteiger partial charge in [0.25, 0.3) is 0 Å². The Kier molecular flexibility index (Phi) is 7.90. The number of carbonyl (C=O) groups excluding carboxylic acids is 3. The lowest BCUT2D eigenvalue weighted by atomic mass is 9.97. The number of benzene rings is 2. The van der Waals surface area contributed by atoms with Crippen LogP contribution in [0.2, 0.25) is 0 Å². The predicted octanol–water partition coefficient (Wildman–Crippen LogP) is 2.72. The molecule has 0 aliphatic carbocycles. The molecule has 1 aliphatic rings. The number of hydrogen-bond acceptors (Lipinski definition) is 7. The first-order chi connectivity index (χ1) is 16.2. The zero-order valence-corrected chi connectivity index (χ0v) is 20.0. The lowest BCUT2D eigenvalue weighted by Gasteiger charge is -2.31. The number of rotatable bonds is 6. The molecule has 2 aromatic rings. The minimum absolute atomic E-state index is 0.0221. The van der Waals surface area contributed by atoms with Gasteiger partial charge < -0.3 is 14.8 Å². The van der Waals surface area contributed by atoms with Crippen molar-refractivity contribution < 1.29 is 32.3 Å². The van der Waals surface area contributed by atoms with Crippen LogP contribution in [0.5, 0.6) is 0 Å². The Morgan fingerprint density at radius 3 is 2.18 bits per heavy atom. The summed E-state index contributed by atoms with van der Waals surface area (Å²) in [6, 6.07) is 12.6. The van der Waals surface area contributed by atoms with Gasteiger partial charge in [0.2, 0.25) is 15.9 Å². The number of nitrogens with zero attached hydrogens (tertiary/aromatic N) is 2. The summed E-state index contributed by atoms with van der Waals surface area (Å²) in [7, 11) is 0.143. The minimum Gasteiger partial charge on any atom is -0.465 e. The summed E-state index contributed by atoms with van der Waals surface area (Å²) in [4.78, 5) is 37.6. The van der Waals surface area contributed by atoms with E-state index in [4.69, 9.17) is 4.74 Å². The normalized spacial score (nSPS) is 14.8. The van der Waals surface area contributed by atoms with Crippen LogP contribution >= 0.6 is 0 Å². The van der Waals surface area contributed by atoms with Crippen LogP contribution in [0.3, 0.4) is 0 Å². The first-order valence-corrected chi connectivity index (χ1v) is 12.0. The quantitative estimate of drug-likeness (QED) is 0.619. The molecule has 0 aromatic heterocycles. The molecular weight excluding hydrogens is 462 g/mol. The number of amides is 2. The van der Waals surface area contributed by atoms with Gasteiger partial charge in [-0.1, -0.05) is 12.1 Å². The molecule has 3 rings (SSSR count). The highest BCUT2D eigenvalue weighted by Crippen LogP contribution is 2.27. The minimum atomic E-state index is -3.92. The van der Waals surface area contributed by atoms with Crippen molar-refractivity contribution in [3.05, 3.63) is 54.1 Å². The van der Waals surface area contributed by atoms with Crippen molar-refractivity contribution in [2.75, 3.05) is 44.6 Å². The molecule has 1 aliphatic heterocycles. The number of methoxy groups -OCH3 is 2. The van der Waals surface area contributed by atoms with Crippen LogP contribution in [-0.2, 0) is 24.3 Å². The van der Waals surface area contributed by atoms with E-state index in [0.29, 0.717) is 24.2 Å².